The van der Waals surface area contributed by atoms with E-state index >= 15 is 0 Å². The van der Waals surface area contributed by atoms with Gasteiger partial charge in [0.25, 0.3) is 5.69 Å². The van der Waals surface area contributed by atoms with Gasteiger partial charge in [-0.1, -0.05) is 12.2 Å². The Morgan fingerprint density at radius 3 is 2.79 bits per heavy atom. The molecule has 1 aromatic rings. The summed E-state index contributed by atoms with van der Waals surface area (Å²) in [6.45, 7) is 2.30. The molecule has 0 fully saturated rings. The first-order valence-electron chi connectivity index (χ1n) is 5.42. The number of rotatable bonds is 5. The Bertz CT molecular complexity index is 529. The molecule has 1 N–H and O–H groups in total. The van der Waals surface area contributed by atoms with E-state index in [1.165, 1.54) is 19.2 Å². The number of nitro groups is 1. The summed E-state index contributed by atoms with van der Waals surface area (Å²) in [4.78, 5) is 21.9. The summed E-state index contributed by atoms with van der Waals surface area (Å²) in [5.74, 6) is -0.621. The predicted molar refractivity (Wildman–Crippen MR) is 75.4 cm³/mol. The third-order valence-electron chi connectivity index (χ3n) is 2.32. The molecule has 0 aromatic heterocycles. The first kappa shape index (κ1) is 15.2. The quantitative estimate of drug-likeness (QED) is 0.388. The van der Waals surface area contributed by atoms with Gasteiger partial charge in [0.1, 0.15) is 5.69 Å². The highest BCUT2D eigenvalue weighted by Gasteiger charge is 2.21. The fraction of sp³-hybridized carbons (Fsp3) is 0.250. The number of ether oxygens (including phenoxy) is 1. The number of nitrogens with one attached hydrogen (secondary N) is 1. The highest BCUT2D eigenvalue weighted by Crippen LogP contribution is 2.34. The lowest BCUT2D eigenvalue weighted by Gasteiger charge is -2.09. The molecule has 6 nitrogen and oxygen atoms in total. The molecule has 0 aliphatic carbocycles. The molecule has 0 heterocycles. The molecule has 7 heteroatoms. The van der Waals surface area contributed by atoms with E-state index in [-0.39, 0.29) is 11.3 Å². The number of allylic oxidation sites excluding steroid dienone is 1. The SMILES string of the molecule is C/C=C/CNc1c(Br)cc(C(=O)OC)cc1[N+](=O)[O-]. The second-order valence-electron chi connectivity index (χ2n) is 3.55. The van der Waals surface area contributed by atoms with Crippen molar-refractivity contribution in [2.45, 2.75) is 6.92 Å². The Hall–Kier alpha value is -1.89. The average molecular weight is 329 g/mol. The summed E-state index contributed by atoms with van der Waals surface area (Å²) in [6.07, 6.45) is 3.65. The summed E-state index contributed by atoms with van der Waals surface area (Å²) < 4.78 is 4.99. The molecule has 0 aliphatic heterocycles. The first-order valence-corrected chi connectivity index (χ1v) is 6.21. The molecule has 0 saturated heterocycles. The average Bonchev–Trinajstić information content (AvgIpc) is 2.39. The van der Waals surface area contributed by atoms with Crippen LogP contribution >= 0.6 is 15.9 Å². The van der Waals surface area contributed by atoms with Gasteiger partial charge in [-0.15, -0.1) is 0 Å². The number of methoxy groups -OCH3 is 1. The van der Waals surface area contributed by atoms with Crippen LogP contribution in [-0.2, 0) is 4.74 Å². The summed E-state index contributed by atoms with van der Waals surface area (Å²) in [6, 6.07) is 2.67. The Morgan fingerprint density at radius 1 is 1.58 bits per heavy atom. The van der Waals surface area contributed by atoms with Crippen LogP contribution in [-0.4, -0.2) is 24.5 Å². The highest BCUT2D eigenvalue weighted by atomic mass is 79.9. The molecule has 0 aliphatic rings. The number of nitro benzene ring substituents is 1. The van der Waals surface area contributed by atoms with E-state index < -0.39 is 10.9 Å². The number of hydrogen-bond donors (Lipinski definition) is 1. The maximum absolute atomic E-state index is 11.4. The summed E-state index contributed by atoms with van der Waals surface area (Å²) in [5.41, 5.74) is 0.271. The molecule has 0 saturated carbocycles. The summed E-state index contributed by atoms with van der Waals surface area (Å²) in [7, 11) is 1.22. The lowest BCUT2D eigenvalue weighted by molar-refractivity contribution is -0.384. The van der Waals surface area contributed by atoms with Crippen LogP contribution in [0.3, 0.4) is 0 Å². The van der Waals surface area contributed by atoms with Gasteiger partial charge >= 0.3 is 5.97 Å². The number of carbonyl (C=O) groups is 1. The summed E-state index contributed by atoms with van der Waals surface area (Å²) in [5, 5.41) is 14.0. The topological polar surface area (TPSA) is 81.5 Å². The van der Waals surface area contributed by atoms with E-state index in [0.29, 0.717) is 16.7 Å². The van der Waals surface area contributed by atoms with Crippen LogP contribution in [0.1, 0.15) is 17.3 Å². The van der Waals surface area contributed by atoms with Gasteiger partial charge < -0.3 is 10.1 Å². The second-order valence-corrected chi connectivity index (χ2v) is 4.41. The standard InChI is InChI=1S/C12H13BrN2O4/c1-3-4-5-14-11-9(13)6-8(12(16)19-2)7-10(11)15(17)18/h3-4,6-7,14H,5H2,1-2H3/b4-3+. The van der Waals surface area contributed by atoms with Crippen molar-refractivity contribution in [1.29, 1.82) is 0 Å². The van der Waals surface area contributed by atoms with Gasteiger partial charge in [-0.25, -0.2) is 4.79 Å². The number of halogens is 1. The number of carbonyl (C=O) groups excluding carboxylic acids is 1. The molecule has 1 rings (SSSR count). The number of benzene rings is 1. The monoisotopic (exact) mass is 328 g/mol. The van der Waals surface area contributed by atoms with Gasteiger partial charge in [-0.3, -0.25) is 10.1 Å². The second kappa shape index (κ2) is 6.89. The van der Waals surface area contributed by atoms with Gasteiger partial charge in [0.2, 0.25) is 0 Å². The van der Waals surface area contributed by atoms with Gasteiger partial charge in [-0.05, 0) is 28.9 Å². The zero-order valence-electron chi connectivity index (χ0n) is 10.5. The lowest BCUT2D eigenvalue weighted by Crippen LogP contribution is -2.07. The zero-order chi connectivity index (χ0) is 14.4. The van der Waals surface area contributed by atoms with E-state index in [4.69, 9.17) is 0 Å². The van der Waals surface area contributed by atoms with Crippen molar-refractivity contribution in [3.8, 4) is 0 Å². The van der Waals surface area contributed by atoms with Crippen molar-refractivity contribution in [3.63, 3.8) is 0 Å². The van der Waals surface area contributed by atoms with Crippen LogP contribution in [0.4, 0.5) is 11.4 Å². The van der Waals surface area contributed by atoms with E-state index in [2.05, 4.69) is 26.0 Å². The third kappa shape index (κ3) is 3.78. The molecule has 0 unspecified atom stereocenters. The Balaban J connectivity index is 3.22. The van der Waals surface area contributed by atoms with Gasteiger partial charge in [0.05, 0.1) is 17.6 Å². The first-order chi connectivity index (χ1) is 9.01. The van der Waals surface area contributed by atoms with Crippen LogP contribution in [0, 0.1) is 10.1 Å². The van der Waals surface area contributed by atoms with Crippen LogP contribution < -0.4 is 5.32 Å². The number of hydrogen-bond acceptors (Lipinski definition) is 5. The van der Waals surface area contributed by atoms with Gasteiger partial charge in [-0.2, -0.15) is 0 Å². The molecular formula is C12H13BrN2O4. The van der Waals surface area contributed by atoms with Crippen molar-refractivity contribution in [3.05, 3.63) is 44.4 Å². The summed E-state index contributed by atoms with van der Waals surface area (Å²) >= 11 is 3.22. The molecule has 0 atom stereocenters. The van der Waals surface area contributed by atoms with Crippen LogP contribution in [0.2, 0.25) is 0 Å². The van der Waals surface area contributed by atoms with Crippen molar-refractivity contribution < 1.29 is 14.5 Å². The normalized spacial score (nSPS) is 10.5. The molecule has 102 valence electrons. The fourth-order valence-electron chi connectivity index (χ4n) is 1.43. The minimum atomic E-state index is -0.621. The third-order valence-corrected chi connectivity index (χ3v) is 2.95. The molecule has 0 radical (unpaired) electrons. The van der Waals surface area contributed by atoms with Gasteiger partial charge in [0, 0.05) is 17.1 Å². The fourth-order valence-corrected chi connectivity index (χ4v) is 2.02. The van der Waals surface area contributed by atoms with Crippen molar-refractivity contribution in [1.82, 2.24) is 0 Å². The molecular weight excluding hydrogens is 316 g/mol. The van der Waals surface area contributed by atoms with E-state index in [9.17, 15) is 14.9 Å². The van der Waals surface area contributed by atoms with E-state index in [0.717, 1.165) is 0 Å². The number of esters is 1. The Kier molecular flexibility index (Phi) is 5.50. The molecule has 1 aromatic carbocycles. The largest absolute Gasteiger partial charge is 0.465 e. The molecule has 0 spiro atoms. The zero-order valence-corrected chi connectivity index (χ0v) is 12.1. The maximum atomic E-state index is 11.4. The predicted octanol–water partition coefficient (Wildman–Crippen LogP) is 3.13. The smallest absolute Gasteiger partial charge is 0.338 e. The minimum Gasteiger partial charge on any atom is -0.465 e. The molecule has 19 heavy (non-hydrogen) atoms. The van der Waals surface area contributed by atoms with Crippen LogP contribution in [0.15, 0.2) is 28.8 Å². The van der Waals surface area contributed by atoms with Gasteiger partial charge in [0.15, 0.2) is 0 Å². The maximum Gasteiger partial charge on any atom is 0.338 e. The molecule has 0 bridgehead atoms. The van der Waals surface area contributed by atoms with Crippen LogP contribution in [0.5, 0.6) is 0 Å². The Labute approximate surface area is 118 Å². The van der Waals surface area contributed by atoms with Crippen molar-refractivity contribution >= 4 is 33.3 Å². The van der Waals surface area contributed by atoms with E-state index in [1.54, 1.807) is 0 Å². The number of nitrogens with zero attached hydrogens (tertiary/aromatic N) is 1. The van der Waals surface area contributed by atoms with Crippen molar-refractivity contribution in [2.24, 2.45) is 0 Å². The van der Waals surface area contributed by atoms with Crippen LogP contribution in [0.25, 0.3) is 0 Å². The Morgan fingerprint density at radius 2 is 2.26 bits per heavy atom. The lowest BCUT2D eigenvalue weighted by atomic mass is 10.1. The minimum absolute atomic E-state index is 0.123. The highest BCUT2D eigenvalue weighted by molar-refractivity contribution is 9.10. The number of anilines is 1. The van der Waals surface area contributed by atoms with Crippen molar-refractivity contribution in [2.75, 3.05) is 19.0 Å². The van der Waals surface area contributed by atoms with E-state index in [1.807, 2.05) is 19.1 Å². The molecule has 0 amide bonds.